The number of hydrogen-bond acceptors (Lipinski definition) is 3. The van der Waals surface area contributed by atoms with Crippen LogP contribution in [0.4, 0.5) is 0 Å². The highest BCUT2D eigenvalue weighted by molar-refractivity contribution is 5.70. The molecule has 0 unspecified atom stereocenters. The number of aromatic nitrogens is 2. The van der Waals surface area contributed by atoms with Gasteiger partial charge in [-0.2, -0.15) is 5.10 Å². The molecule has 3 aromatic carbocycles. The van der Waals surface area contributed by atoms with E-state index < -0.39 is 0 Å². The van der Waals surface area contributed by atoms with Gasteiger partial charge >= 0.3 is 0 Å². The van der Waals surface area contributed by atoms with E-state index in [2.05, 4.69) is 71.6 Å². The van der Waals surface area contributed by atoms with E-state index in [1.807, 2.05) is 28.9 Å². The second kappa shape index (κ2) is 9.84. The summed E-state index contributed by atoms with van der Waals surface area (Å²) in [5.41, 5.74) is 5.31. The summed E-state index contributed by atoms with van der Waals surface area (Å²) in [6.45, 7) is 4.15. The molecule has 32 heavy (non-hydrogen) atoms. The second-order valence-corrected chi connectivity index (χ2v) is 8.30. The van der Waals surface area contributed by atoms with Crippen molar-refractivity contribution in [2.24, 2.45) is 0 Å². The number of benzene rings is 3. The maximum absolute atomic E-state index is 6.00. The van der Waals surface area contributed by atoms with Crippen LogP contribution >= 0.6 is 0 Å². The van der Waals surface area contributed by atoms with E-state index in [-0.39, 0.29) is 0 Å². The van der Waals surface area contributed by atoms with Crippen LogP contribution in [0.3, 0.4) is 0 Å². The molecule has 1 saturated heterocycles. The molecule has 4 nitrogen and oxygen atoms in total. The first-order valence-corrected chi connectivity index (χ1v) is 11.5. The van der Waals surface area contributed by atoms with Crippen molar-refractivity contribution in [1.82, 2.24) is 14.7 Å². The number of piperidine rings is 1. The van der Waals surface area contributed by atoms with Gasteiger partial charge in [-0.25, -0.2) is 4.68 Å². The zero-order chi connectivity index (χ0) is 21.6. The van der Waals surface area contributed by atoms with Crippen LogP contribution < -0.4 is 4.74 Å². The maximum atomic E-state index is 6.00. The Kier molecular flexibility index (Phi) is 6.31. The molecule has 1 aromatic heterocycles. The number of rotatable bonds is 7. The quantitative estimate of drug-likeness (QED) is 0.361. The largest absolute Gasteiger partial charge is 0.492 e. The van der Waals surface area contributed by atoms with E-state index in [4.69, 9.17) is 9.84 Å². The molecule has 0 N–H and O–H groups in total. The highest BCUT2D eigenvalue weighted by Crippen LogP contribution is 2.29. The van der Waals surface area contributed by atoms with Crippen LogP contribution in [0.1, 0.15) is 19.3 Å². The molecule has 0 atom stereocenters. The third kappa shape index (κ3) is 4.76. The maximum Gasteiger partial charge on any atom is 0.119 e. The van der Waals surface area contributed by atoms with E-state index in [1.54, 1.807) is 0 Å². The van der Waals surface area contributed by atoms with Gasteiger partial charge in [0.15, 0.2) is 0 Å². The van der Waals surface area contributed by atoms with Gasteiger partial charge in [-0.1, -0.05) is 55.0 Å². The fourth-order valence-corrected chi connectivity index (χ4v) is 4.30. The summed E-state index contributed by atoms with van der Waals surface area (Å²) in [4.78, 5) is 2.50. The minimum absolute atomic E-state index is 0.736. The standard InChI is InChI=1S/C28H29N3O/c1-4-10-24(11-5-1)28-22-27(29-31(28)25-12-6-2-7-13-25)23-14-16-26(17-15-23)32-21-20-30-18-8-3-9-19-30/h1-2,4-7,10-17,22H,3,8-9,18-21H2. The SMILES string of the molecule is c1ccc(-c2cc(-c3ccc(OCCN4CCCCC4)cc3)nn2-c2ccccc2)cc1. The molecule has 0 amide bonds. The molecule has 5 rings (SSSR count). The third-order valence-corrected chi connectivity index (χ3v) is 6.05. The molecule has 2 heterocycles. The molecule has 0 saturated carbocycles. The van der Waals surface area contributed by atoms with Crippen molar-refractivity contribution >= 4 is 0 Å². The average molecular weight is 424 g/mol. The molecular weight excluding hydrogens is 394 g/mol. The van der Waals surface area contributed by atoms with Crippen molar-refractivity contribution in [2.45, 2.75) is 19.3 Å². The van der Waals surface area contributed by atoms with Gasteiger partial charge in [-0.3, -0.25) is 4.90 Å². The van der Waals surface area contributed by atoms with Crippen molar-refractivity contribution in [3.63, 3.8) is 0 Å². The van der Waals surface area contributed by atoms with Crippen molar-refractivity contribution in [2.75, 3.05) is 26.2 Å². The molecule has 1 aliphatic heterocycles. The Hall–Kier alpha value is -3.37. The first kappa shape index (κ1) is 20.5. The van der Waals surface area contributed by atoms with Gasteiger partial charge in [-0.15, -0.1) is 0 Å². The predicted octanol–water partition coefficient (Wildman–Crippen LogP) is 6.07. The lowest BCUT2D eigenvalue weighted by molar-refractivity contribution is 0.183. The van der Waals surface area contributed by atoms with Gasteiger partial charge < -0.3 is 4.74 Å². The van der Waals surface area contributed by atoms with E-state index in [0.29, 0.717) is 0 Å². The predicted molar refractivity (Wildman–Crippen MR) is 130 cm³/mol. The van der Waals surface area contributed by atoms with E-state index in [9.17, 15) is 0 Å². The minimum atomic E-state index is 0.736. The Morgan fingerprint density at radius 1 is 0.719 bits per heavy atom. The van der Waals surface area contributed by atoms with Crippen LogP contribution in [-0.2, 0) is 0 Å². The van der Waals surface area contributed by atoms with E-state index in [0.717, 1.165) is 47.1 Å². The molecular formula is C28H29N3O. The number of hydrogen-bond donors (Lipinski definition) is 0. The Balaban J connectivity index is 1.34. The summed E-state index contributed by atoms with van der Waals surface area (Å²) >= 11 is 0. The number of para-hydroxylation sites is 1. The van der Waals surface area contributed by atoms with Crippen LogP contribution in [0, 0.1) is 0 Å². The number of nitrogens with zero attached hydrogens (tertiary/aromatic N) is 3. The summed E-state index contributed by atoms with van der Waals surface area (Å²) in [5, 5.41) is 4.95. The third-order valence-electron chi connectivity index (χ3n) is 6.05. The van der Waals surface area contributed by atoms with E-state index >= 15 is 0 Å². The normalized spacial score (nSPS) is 14.4. The summed E-state index contributed by atoms with van der Waals surface area (Å²) in [6.07, 6.45) is 4.00. The molecule has 0 aliphatic carbocycles. The second-order valence-electron chi connectivity index (χ2n) is 8.30. The lowest BCUT2D eigenvalue weighted by Crippen LogP contribution is -2.33. The van der Waals surface area contributed by atoms with Gasteiger partial charge in [0.25, 0.3) is 0 Å². The van der Waals surface area contributed by atoms with Crippen molar-refractivity contribution < 1.29 is 4.74 Å². The minimum Gasteiger partial charge on any atom is -0.492 e. The molecule has 162 valence electrons. The van der Waals surface area contributed by atoms with E-state index in [1.165, 1.54) is 32.4 Å². The van der Waals surface area contributed by atoms with Crippen molar-refractivity contribution in [3.05, 3.63) is 91.0 Å². The van der Waals surface area contributed by atoms with Gasteiger partial charge in [0.05, 0.1) is 17.1 Å². The molecule has 4 heteroatoms. The van der Waals surface area contributed by atoms with Gasteiger partial charge in [0, 0.05) is 17.7 Å². The topological polar surface area (TPSA) is 30.3 Å². The van der Waals surface area contributed by atoms with Gasteiger partial charge in [0.2, 0.25) is 0 Å². The van der Waals surface area contributed by atoms with Crippen molar-refractivity contribution in [3.8, 4) is 34.0 Å². The van der Waals surface area contributed by atoms with Crippen LogP contribution in [0.5, 0.6) is 5.75 Å². The van der Waals surface area contributed by atoms with Gasteiger partial charge in [0.1, 0.15) is 12.4 Å². The first-order chi connectivity index (χ1) is 15.9. The molecule has 0 spiro atoms. The van der Waals surface area contributed by atoms with Crippen LogP contribution in [-0.4, -0.2) is 40.9 Å². The number of likely N-dealkylation sites (tertiary alicyclic amines) is 1. The number of ether oxygens (including phenoxy) is 1. The lowest BCUT2D eigenvalue weighted by atomic mass is 10.1. The molecule has 1 fully saturated rings. The Morgan fingerprint density at radius 2 is 1.41 bits per heavy atom. The zero-order valence-electron chi connectivity index (χ0n) is 18.4. The fourth-order valence-electron chi connectivity index (χ4n) is 4.30. The molecule has 1 aliphatic rings. The van der Waals surface area contributed by atoms with Crippen molar-refractivity contribution in [1.29, 1.82) is 0 Å². The summed E-state index contributed by atoms with van der Waals surface area (Å²) in [6, 6.07) is 31.2. The molecule has 0 bridgehead atoms. The average Bonchev–Trinajstić information content (AvgIpc) is 3.32. The lowest BCUT2D eigenvalue weighted by Gasteiger charge is -2.26. The van der Waals surface area contributed by atoms with Crippen LogP contribution in [0.2, 0.25) is 0 Å². The Labute approximate surface area is 190 Å². The fraction of sp³-hybridized carbons (Fsp3) is 0.250. The highest BCUT2D eigenvalue weighted by Gasteiger charge is 2.13. The molecule has 4 aromatic rings. The van der Waals surface area contributed by atoms with Crippen LogP contribution in [0.25, 0.3) is 28.2 Å². The first-order valence-electron chi connectivity index (χ1n) is 11.5. The summed E-state index contributed by atoms with van der Waals surface area (Å²) in [5.74, 6) is 0.913. The Bertz CT molecular complexity index is 1060. The smallest absolute Gasteiger partial charge is 0.119 e. The summed E-state index contributed by atoms with van der Waals surface area (Å²) in [7, 11) is 0. The Morgan fingerprint density at radius 3 is 2.12 bits per heavy atom. The monoisotopic (exact) mass is 423 g/mol. The zero-order valence-corrected chi connectivity index (χ0v) is 18.4. The molecule has 0 radical (unpaired) electrons. The summed E-state index contributed by atoms with van der Waals surface area (Å²) < 4.78 is 8.02. The van der Waals surface area contributed by atoms with Gasteiger partial charge in [-0.05, 0) is 68.4 Å². The highest BCUT2D eigenvalue weighted by atomic mass is 16.5. The van der Waals surface area contributed by atoms with Crippen LogP contribution in [0.15, 0.2) is 91.0 Å².